The number of carbonyl (C=O) groups excluding carboxylic acids is 1. The Morgan fingerprint density at radius 3 is 3.00 bits per heavy atom. The summed E-state index contributed by atoms with van der Waals surface area (Å²) < 4.78 is 0. The molecule has 69 valence electrons. The third kappa shape index (κ3) is 1.57. The molecule has 1 aromatic carbocycles. The highest BCUT2D eigenvalue weighted by Gasteiger charge is 1.99. The monoisotopic (exact) mass is 185 g/mol. The lowest BCUT2D eigenvalue weighted by Crippen LogP contribution is -2.11. The van der Waals surface area contributed by atoms with Crippen molar-refractivity contribution in [2.75, 3.05) is 0 Å². The molecule has 1 heterocycles. The molecule has 1 N–H and O–H groups in total. The van der Waals surface area contributed by atoms with Crippen LogP contribution in [0.2, 0.25) is 0 Å². The Morgan fingerprint density at radius 2 is 2.14 bits per heavy atom. The summed E-state index contributed by atoms with van der Waals surface area (Å²) >= 11 is 0. The van der Waals surface area contributed by atoms with E-state index in [0.29, 0.717) is 6.54 Å². The fourth-order valence-electron chi connectivity index (χ4n) is 1.44. The molecule has 1 amide bonds. The molecule has 1 radical (unpaired) electrons. The fraction of sp³-hybridized carbons (Fsp3) is 0.0909. The van der Waals surface area contributed by atoms with Gasteiger partial charge in [-0.15, -0.1) is 0 Å². The molecule has 3 nitrogen and oxygen atoms in total. The first-order valence-corrected chi connectivity index (χ1v) is 4.34. The number of pyridine rings is 1. The highest BCUT2D eigenvalue weighted by Crippen LogP contribution is 2.15. The van der Waals surface area contributed by atoms with Gasteiger partial charge in [0.05, 0.1) is 12.2 Å². The van der Waals surface area contributed by atoms with Crippen LogP contribution >= 0.6 is 0 Å². The van der Waals surface area contributed by atoms with E-state index in [0.717, 1.165) is 16.5 Å². The molecular formula is C11H9N2O. The van der Waals surface area contributed by atoms with Crippen molar-refractivity contribution >= 4 is 17.2 Å². The lowest BCUT2D eigenvalue weighted by Gasteiger charge is -2.03. The van der Waals surface area contributed by atoms with Crippen molar-refractivity contribution in [1.82, 2.24) is 10.3 Å². The largest absolute Gasteiger partial charge is 0.342 e. The second kappa shape index (κ2) is 3.87. The first kappa shape index (κ1) is 8.69. The van der Waals surface area contributed by atoms with Gasteiger partial charge < -0.3 is 5.32 Å². The Kier molecular flexibility index (Phi) is 2.40. The van der Waals surface area contributed by atoms with Crippen molar-refractivity contribution in [3.05, 3.63) is 42.2 Å². The van der Waals surface area contributed by atoms with Crippen molar-refractivity contribution in [3.8, 4) is 0 Å². The molecule has 0 spiro atoms. The van der Waals surface area contributed by atoms with Crippen molar-refractivity contribution in [2.45, 2.75) is 6.54 Å². The standard InChI is InChI=1S/C11H9N2O/c14-8-12-7-11-10-4-2-1-3-9(10)5-6-13-11/h1-6H,7H2,(H,12,14). The molecule has 0 saturated heterocycles. The van der Waals surface area contributed by atoms with Gasteiger partial charge in [-0.25, -0.2) is 0 Å². The average Bonchev–Trinajstić information content (AvgIpc) is 2.26. The number of amides is 1. The van der Waals surface area contributed by atoms with Gasteiger partial charge in [-0.2, -0.15) is 0 Å². The van der Waals surface area contributed by atoms with Gasteiger partial charge in [0, 0.05) is 11.6 Å². The van der Waals surface area contributed by atoms with Crippen LogP contribution in [0.3, 0.4) is 0 Å². The molecule has 0 unspecified atom stereocenters. The SMILES string of the molecule is O=[C]NCc1nccc2ccccc12. The van der Waals surface area contributed by atoms with E-state index in [2.05, 4.69) is 10.3 Å². The topological polar surface area (TPSA) is 42.0 Å². The third-order valence-corrected chi connectivity index (χ3v) is 2.08. The molecule has 0 aliphatic rings. The van der Waals surface area contributed by atoms with E-state index in [-0.39, 0.29) is 0 Å². The highest BCUT2D eigenvalue weighted by atomic mass is 16.1. The zero-order valence-corrected chi connectivity index (χ0v) is 7.53. The maximum absolute atomic E-state index is 10.1. The first-order chi connectivity index (χ1) is 6.92. The molecule has 0 bridgehead atoms. The first-order valence-electron chi connectivity index (χ1n) is 4.34. The summed E-state index contributed by atoms with van der Waals surface area (Å²) in [5, 5.41) is 4.69. The molecule has 2 aromatic rings. The predicted molar refractivity (Wildman–Crippen MR) is 54.3 cm³/mol. The van der Waals surface area contributed by atoms with Crippen LogP contribution in [0.1, 0.15) is 5.69 Å². The lowest BCUT2D eigenvalue weighted by atomic mass is 10.1. The number of hydrogen-bond acceptors (Lipinski definition) is 2. The summed E-state index contributed by atoms with van der Waals surface area (Å²) in [6.07, 6.45) is 3.38. The summed E-state index contributed by atoms with van der Waals surface area (Å²) in [7, 11) is 0. The predicted octanol–water partition coefficient (Wildman–Crippen LogP) is 1.39. The minimum absolute atomic E-state index is 0.421. The van der Waals surface area contributed by atoms with E-state index in [4.69, 9.17) is 0 Å². The highest BCUT2D eigenvalue weighted by molar-refractivity contribution is 5.84. The summed E-state index contributed by atoms with van der Waals surface area (Å²) in [5.41, 5.74) is 0.867. The Bertz CT molecular complexity index is 448. The molecule has 0 aliphatic carbocycles. The summed E-state index contributed by atoms with van der Waals surface area (Å²) in [5.74, 6) is 0. The van der Waals surface area contributed by atoms with E-state index in [1.807, 2.05) is 30.3 Å². The smallest absolute Gasteiger partial charge is 0.309 e. The Hall–Kier alpha value is -1.90. The van der Waals surface area contributed by atoms with Gasteiger partial charge >= 0.3 is 6.41 Å². The van der Waals surface area contributed by atoms with E-state index in [1.165, 1.54) is 0 Å². The van der Waals surface area contributed by atoms with Crippen LogP contribution in [0, 0.1) is 0 Å². The van der Waals surface area contributed by atoms with Gasteiger partial charge in [0.1, 0.15) is 0 Å². The van der Waals surface area contributed by atoms with Gasteiger partial charge in [0.25, 0.3) is 0 Å². The van der Waals surface area contributed by atoms with Crippen LogP contribution in [0.25, 0.3) is 10.8 Å². The minimum atomic E-state index is 0.421. The number of nitrogens with zero attached hydrogens (tertiary/aromatic N) is 1. The molecular weight excluding hydrogens is 176 g/mol. The van der Waals surface area contributed by atoms with Crippen molar-refractivity contribution in [3.63, 3.8) is 0 Å². The summed E-state index contributed by atoms with van der Waals surface area (Å²) in [6, 6.07) is 9.89. The van der Waals surface area contributed by atoms with Crippen LogP contribution in [-0.4, -0.2) is 11.4 Å². The van der Waals surface area contributed by atoms with Gasteiger partial charge in [0.15, 0.2) is 0 Å². The van der Waals surface area contributed by atoms with E-state index >= 15 is 0 Å². The van der Waals surface area contributed by atoms with Crippen LogP contribution < -0.4 is 5.32 Å². The number of fused-ring (bicyclic) bond motifs is 1. The van der Waals surface area contributed by atoms with Gasteiger partial charge in [0.2, 0.25) is 0 Å². The molecule has 0 aliphatic heterocycles. The van der Waals surface area contributed by atoms with E-state index in [9.17, 15) is 4.79 Å². The molecule has 1 aromatic heterocycles. The Labute approximate surface area is 81.8 Å². The Balaban J connectivity index is 2.48. The molecule has 0 atom stereocenters. The number of rotatable bonds is 3. The van der Waals surface area contributed by atoms with Crippen LogP contribution in [-0.2, 0) is 11.3 Å². The van der Waals surface area contributed by atoms with Crippen LogP contribution in [0.15, 0.2) is 36.5 Å². The normalized spacial score (nSPS) is 10.0. The zero-order valence-electron chi connectivity index (χ0n) is 7.53. The second-order valence-electron chi connectivity index (χ2n) is 2.93. The van der Waals surface area contributed by atoms with Gasteiger partial charge in [-0.1, -0.05) is 24.3 Å². The minimum Gasteiger partial charge on any atom is -0.342 e. The Morgan fingerprint density at radius 1 is 1.29 bits per heavy atom. The van der Waals surface area contributed by atoms with Crippen molar-refractivity contribution in [1.29, 1.82) is 0 Å². The number of benzene rings is 1. The van der Waals surface area contributed by atoms with Crippen LogP contribution in [0.4, 0.5) is 0 Å². The molecule has 0 fully saturated rings. The summed E-state index contributed by atoms with van der Waals surface area (Å²) in [4.78, 5) is 14.3. The molecule has 14 heavy (non-hydrogen) atoms. The van der Waals surface area contributed by atoms with Gasteiger partial charge in [-0.05, 0) is 11.5 Å². The maximum Gasteiger partial charge on any atom is 0.309 e. The summed E-state index contributed by atoms with van der Waals surface area (Å²) in [6.45, 7) is 0.421. The molecule has 3 heteroatoms. The molecule has 0 saturated carbocycles. The number of nitrogens with one attached hydrogen (secondary N) is 1. The van der Waals surface area contributed by atoms with Crippen LogP contribution in [0.5, 0.6) is 0 Å². The number of aromatic nitrogens is 1. The second-order valence-corrected chi connectivity index (χ2v) is 2.93. The average molecular weight is 185 g/mol. The van der Waals surface area contributed by atoms with Crippen molar-refractivity contribution in [2.24, 2.45) is 0 Å². The van der Waals surface area contributed by atoms with Gasteiger partial charge in [-0.3, -0.25) is 9.78 Å². The maximum atomic E-state index is 10.1. The lowest BCUT2D eigenvalue weighted by molar-refractivity contribution is 0.541. The van der Waals surface area contributed by atoms with E-state index in [1.54, 1.807) is 12.6 Å². The number of hydrogen-bond donors (Lipinski definition) is 1. The zero-order chi connectivity index (χ0) is 9.80. The quantitative estimate of drug-likeness (QED) is 0.734. The fourth-order valence-corrected chi connectivity index (χ4v) is 1.44. The third-order valence-electron chi connectivity index (χ3n) is 2.08. The van der Waals surface area contributed by atoms with E-state index < -0.39 is 0 Å². The van der Waals surface area contributed by atoms with Crippen molar-refractivity contribution < 1.29 is 4.79 Å². The molecule has 2 rings (SSSR count).